The predicted molar refractivity (Wildman–Crippen MR) is 94.9 cm³/mol. The maximum Gasteiger partial charge on any atom is 0.231 e. The minimum Gasteiger partial charge on any atom is -0.493 e. The van der Waals surface area contributed by atoms with E-state index in [0.717, 1.165) is 36.8 Å². The highest BCUT2D eigenvalue weighted by molar-refractivity contribution is 5.46. The summed E-state index contributed by atoms with van der Waals surface area (Å²) < 4.78 is 29.9. The molecule has 2 aliphatic heterocycles. The van der Waals surface area contributed by atoms with E-state index in [1.807, 2.05) is 30.3 Å². The van der Waals surface area contributed by atoms with Crippen LogP contribution in [0.2, 0.25) is 0 Å². The lowest BCUT2D eigenvalue weighted by atomic mass is 9.81. The lowest BCUT2D eigenvalue weighted by molar-refractivity contribution is 0.173. The second-order valence-corrected chi connectivity index (χ2v) is 6.24. The second-order valence-electron chi connectivity index (χ2n) is 6.24. The number of piperidine rings is 1. The van der Waals surface area contributed by atoms with Gasteiger partial charge in [-0.25, -0.2) is 4.39 Å². The molecule has 2 unspecified atom stereocenters. The number of fused-ring (bicyclic) bond motifs is 1. The summed E-state index contributed by atoms with van der Waals surface area (Å²) in [6.07, 6.45) is 1.03. The van der Waals surface area contributed by atoms with Crippen molar-refractivity contribution in [2.45, 2.75) is 19.8 Å². The standard InChI is InChI=1S/C19H20FNO3.CH4/c20-15-3-1-13(2-4-15)17-7-8-21-10-14(17)11-22-16-5-6-18-19(9-16)24-12-23-18;/h1-6,9,14,17,21H,7-8,10-12H2;1H4. The first kappa shape index (κ1) is 17.5. The van der Waals surface area contributed by atoms with Crippen LogP contribution in [0.25, 0.3) is 0 Å². The molecule has 0 aromatic heterocycles. The number of benzene rings is 2. The van der Waals surface area contributed by atoms with E-state index in [9.17, 15) is 4.39 Å². The highest BCUT2D eigenvalue weighted by Gasteiger charge is 2.27. The summed E-state index contributed by atoms with van der Waals surface area (Å²) in [4.78, 5) is 0. The summed E-state index contributed by atoms with van der Waals surface area (Å²) in [5.74, 6) is 2.79. The highest BCUT2D eigenvalue weighted by atomic mass is 19.1. The van der Waals surface area contributed by atoms with E-state index in [1.165, 1.54) is 17.7 Å². The van der Waals surface area contributed by atoms with Crippen LogP contribution >= 0.6 is 0 Å². The lowest BCUT2D eigenvalue weighted by Gasteiger charge is -2.32. The third-order valence-corrected chi connectivity index (χ3v) is 4.71. The first-order valence-electron chi connectivity index (χ1n) is 8.28. The smallest absolute Gasteiger partial charge is 0.231 e. The van der Waals surface area contributed by atoms with Crippen LogP contribution in [0.15, 0.2) is 42.5 Å². The zero-order chi connectivity index (χ0) is 16.4. The van der Waals surface area contributed by atoms with Crippen LogP contribution in [-0.2, 0) is 0 Å². The molecule has 1 saturated heterocycles. The molecule has 0 bridgehead atoms. The number of ether oxygens (including phenoxy) is 3. The van der Waals surface area contributed by atoms with Gasteiger partial charge in [-0.3, -0.25) is 0 Å². The van der Waals surface area contributed by atoms with Crippen molar-refractivity contribution in [1.82, 2.24) is 5.32 Å². The first-order chi connectivity index (χ1) is 11.8. The maximum absolute atomic E-state index is 13.2. The van der Waals surface area contributed by atoms with Gasteiger partial charge in [0.1, 0.15) is 11.6 Å². The number of hydrogen-bond donors (Lipinski definition) is 1. The van der Waals surface area contributed by atoms with Gasteiger partial charge in [-0.05, 0) is 48.7 Å². The average molecular weight is 345 g/mol. The van der Waals surface area contributed by atoms with Crippen molar-refractivity contribution in [3.63, 3.8) is 0 Å². The molecule has 5 heteroatoms. The third-order valence-electron chi connectivity index (χ3n) is 4.71. The average Bonchev–Trinajstić information content (AvgIpc) is 3.09. The summed E-state index contributed by atoms with van der Waals surface area (Å²) in [5.41, 5.74) is 1.18. The molecule has 25 heavy (non-hydrogen) atoms. The molecule has 0 radical (unpaired) electrons. The molecule has 1 fully saturated rings. The van der Waals surface area contributed by atoms with Crippen LogP contribution in [0.5, 0.6) is 17.2 Å². The van der Waals surface area contributed by atoms with Gasteiger partial charge in [-0.2, -0.15) is 0 Å². The third kappa shape index (κ3) is 3.87. The molecule has 4 rings (SSSR count). The van der Waals surface area contributed by atoms with E-state index >= 15 is 0 Å². The van der Waals surface area contributed by atoms with E-state index in [-0.39, 0.29) is 20.0 Å². The Kier molecular flexibility index (Phi) is 5.43. The Bertz CT molecular complexity index is 705. The molecule has 2 aromatic carbocycles. The molecular formula is C20H24FNO3. The monoisotopic (exact) mass is 345 g/mol. The van der Waals surface area contributed by atoms with Gasteiger partial charge < -0.3 is 19.5 Å². The summed E-state index contributed by atoms with van der Waals surface area (Å²) in [6.45, 7) is 2.74. The Labute approximate surface area is 147 Å². The minimum atomic E-state index is -0.194. The molecule has 1 N–H and O–H groups in total. The van der Waals surface area contributed by atoms with Crippen molar-refractivity contribution in [3.8, 4) is 17.2 Å². The second kappa shape index (κ2) is 7.74. The maximum atomic E-state index is 13.2. The fourth-order valence-electron chi connectivity index (χ4n) is 3.42. The zero-order valence-corrected chi connectivity index (χ0v) is 13.3. The van der Waals surface area contributed by atoms with Crippen LogP contribution in [0.3, 0.4) is 0 Å². The van der Waals surface area contributed by atoms with Gasteiger partial charge in [-0.1, -0.05) is 19.6 Å². The molecule has 0 aliphatic carbocycles. The number of nitrogens with one attached hydrogen (secondary N) is 1. The van der Waals surface area contributed by atoms with Gasteiger partial charge in [0.25, 0.3) is 0 Å². The Morgan fingerprint density at radius 3 is 2.72 bits per heavy atom. The van der Waals surface area contributed by atoms with E-state index < -0.39 is 0 Å². The molecule has 2 atom stereocenters. The van der Waals surface area contributed by atoms with Gasteiger partial charge >= 0.3 is 0 Å². The van der Waals surface area contributed by atoms with E-state index in [2.05, 4.69) is 5.32 Å². The largest absolute Gasteiger partial charge is 0.493 e. The van der Waals surface area contributed by atoms with Gasteiger partial charge in [0.2, 0.25) is 6.79 Å². The normalized spacial score (nSPS) is 21.5. The van der Waals surface area contributed by atoms with Gasteiger partial charge in [0.05, 0.1) is 6.61 Å². The molecule has 0 amide bonds. The van der Waals surface area contributed by atoms with Crippen molar-refractivity contribution in [2.24, 2.45) is 5.92 Å². The molecule has 134 valence electrons. The summed E-state index contributed by atoms with van der Waals surface area (Å²) in [6, 6.07) is 12.5. The predicted octanol–water partition coefficient (Wildman–Crippen LogP) is 3.96. The molecule has 0 saturated carbocycles. The van der Waals surface area contributed by atoms with E-state index in [4.69, 9.17) is 14.2 Å². The summed E-state index contributed by atoms with van der Waals surface area (Å²) in [5, 5.41) is 3.43. The Balaban J connectivity index is 0.00000182. The Morgan fingerprint density at radius 2 is 1.88 bits per heavy atom. The summed E-state index contributed by atoms with van der Waals surface area (Å²) in [7, 11) is 0. The van der Waals surface area contributed by atoms with Crippen LogP contribution in [0, 0.1) is 11.7 Å². The van der Waals surface area contributed by atoms with Gasteiger partial charge in [-0.15, -0.1) is 0 Å². The van der Waals surface area contributed by atoms with E-state index in [1.54, 1.807) is 0 Å². The molecule has 2 aliphatic rings. The van der Waals surface area contributed by atoms with Gasteiger partial charge in [0.15, 0.2) is 11.5 Å². The SMILES string of the molecule is C.Fc1ccc(C2CCNCC2COc2ccc3c(c2)OCO3)cc1. The fraction of sp³-hybridized carbons (Fsp3) is 0.400. The van der Waals surface area contributed by atoms with Crippen LogP contribution in [0.1, 0.15) is 25.3 Å². The van der Waals surface area contributed by atoms with Crippen LogP contribution in [-0.4, -0.2) is 26.5 Å². The lowest BCUT2D eigenvalue weighted by Crippen LogP contribution is -2.38. The number of halogens is 1. The molecule has 2 aromatic rings. The van der Waals surface area contributed by atoms with Gasteiger partial charge in [0, 0.05) is 18.5 Å². The topological polar surface area (TPSA) is 39.7 Å². The number of rotatable bonds is 4. The summed E-state index contributed by atoms with van der Waals surface area (Å²) >= 11 is 0. The quantitative estimate of drug-likeness (QED) is 0.910. The van der Waals surface area contributed by atoms with Crippen molar-refractivity contribution in [2.75, 3.05) is 26.5 Å². The van der Waals surface area contributed by atoms with Crippen LogP contribution < -0.4 is 19.5 Å². The fourth-order valence-corrected chi connectivity index (χ4v) is 3.42. The number of hydrogen-bond acceptors (Lipinski definition) is 4. The molecular weight excluding hydrogens is 321 g/mol. The van der Waals surface area contributed by atoms with Crippen molar-refractivity contribution in [3.05, 3.63) is 53.8 Å². The minimum absolute atomic E-state index is 0. The van der Waals surface area contributed by atoms with Crippen LogP contribution in [0.4, 0.5) is 4.39 Å². The van der Waals surface area contributed by atoms with Crippen molar-refractivity contribution in [1.29, 1.82) is 0 Å². The molecule has 0 spiro atoms. The van der Waals surface area contributed by atoms with E-state index in [0.29, 0.717) is 18.4 Å². The van der Waals surface area contributed by atoms with Crippen molar-refractivity contribution < 1.29 is 18.6 Å². The molecule has 2 heterocycles. The van der Waals surface area contributed by atoms with Crippen molar-refractivity contribution >= 4 is 0 Å². The first-order valence-corrected chi connectivity index (χ1v) is 8.28. The Morgan fingerprint density at radius 1 is 1.08 bits per heavy atom. The zero-order valence-electron chi connectivity index (χ0n) is 13.3. The highest BCUT2D eigenvalue weighted by Crippen LogP contribution is 2.36. The molecule has 4 nitrogen and oxygen atoms in total. The Hall–Kier alpha value is -2.27.